The maximum absolute atomic E-state index is 8.30. The van der Waals surface area contributed by atoms with Gasteiger partial charge in [0.25, 0.3) is 0 Å². The van der Waals surface area contributed by atoms with Crippen molar-refractivity contribution in [3.63, 3.8) is 0 Å². The van der Waals surface area contributed by atoms with E-state index in [9.17, 15) is 0 Å². The summed E-state index contributed by atoms with van der Waals surface area (Å²) >= 11 is 0. The fourth-order valence-corrected chi connectivity index (χ4v) is 0.530. The van der Waals surface area contributed by atoms with E-state index in [1.165, 1.54) is 0 Å². The lowest BCUT2D eigenvalue weighted by atomic mass is 10.7. The molecular formula is C4H11N3O. The molecule has 0 aliphatic carbocycles. The molecular weight excluding hydrogens is 106 g/mol. The fraction of sp³-hybridized carbons (Fsp3) is 1.00. The Morgan fingerprint density at radius 3 is 2.88 bits per heavy atom. The van der Waals surface area contributed by atoms with Crippen LogP contribution in [0.3, 0.4) is 0 Å². The highest BCUT2D eigenvalue weighted by atomic mass is 16.3. The first-order valence-electron chi connectivity index (χ1n) is 2.71. The van der Waals surface area contributed by atoms with Gasteiger partial charge in [-0.1, -0.05) is 0 Å². The summed E-state index contributed by atoms with van der Waals surface area (Å²) in [5, 5.41) is 10.2. The van der Waals surface area contributed by atoms with Crippen LogP contribution in [0.15, 0.2) is 0 Å². The summed E-state index contributed by atoms with van der Waals surface area (Å²) in [6, 6.07) is 0. The predicted molar refractivity (Wildman–Crippen MR) is 29.8 cm³/mol. The van der Waals surface area contributed by atoms with Gasteiger partial charge in [-0.3, -0.25) is 5.43 Å². The van der Waals surface area contributed by atoms with Crippen molar-refractivity contribution in [2.75, 3.05) is 19.7 Å². The predicted octanol–water partition coefficient (Wildman–Crippen LogP) is -1.92. The Morgan fingerprint density at radius 2 is 2.50 bits per heavy atom. The molecule has 1 rings (SSSR count). The Morgan fingerprint density at radius 1 is 1.88 bits per heavy atom. The summed E-state index contributed by atoms with van der Waals surface area (Å²) in [4.78, 5) is 0. The highest BCUT2D eigenvalue weighted by Crippen LogP contribution is 2.03. The van der Waals surface area contributed by atoms with Crippen molar-refractivity contribution in [1.82, 2.24) is 10.4 Å². The zero-order chi connectivity index (χ0) is 5.98. The molecule has 0 aromatic rings. The van der Waals surface area contributed by atoms with E-state index in [0.717, 1.165) is 6.54 Å². The van der Waals surface area contributed by atoms with Crippen LogP contribution >= 0.6 is 0 Å². The van der Waals surface area contributed by atoms with E-state index in [-0.39, 0.29) is 12.8 Å². The van der Waals surface area contributed by atoms with Crippen molar-refractivity contribution in [2.24, 2.45) is 5.73 Å². The van der Waals surface area contributed by atoms with Crippen molar-refractivity contribution in [3.8, 4) is 0 Å². The average Bonchev–Trinajstić information content (AvgIpc) is 2.42. The molecule has 4 nitrogen and oxygen atoms in total. The van der Waals surface area contributed by atoms with Gasteiger partial charge in [-0.15, -0.1) is 0 Å². The summed E-state index contributed by atoms with van der Waals surface area (Å²) < 4.78 is 0. The molecule has 4 N–H and O–H groups in total. The molecule has 0 bridgehead atoms. The van der Waals surface area contributed by atoms with Crippen LogP contribution in [-0.4, -0.2) is 36.0 Å². The van der Waals surface area contributed by atoms with Crippen molar-refractivity contribution >= 4 is 0 Å². The topological polar surface area (TPSA) is 61.3 Å². The summed E-state index contributed by atoms with van der Waals surface area (Å²) in [6.45, 7) is 1.68. The van der Waals surface area contributed by atoms with Crippen molar-refractivity contribution in [1.29, 1.82) is 0 Å². The molecule has 0 saturated carbocycles. The number of nitrogens with one attached hydrogen (secondary N) is 1. The molecule has 1 fully saturated rings. The van der Waals surface area contributed by atoms with Crippen molar-refractivity contribution in [2.45, 2.75) is 6.17 Å². The van der Waals surface area contributed by atoms with Crippen molar-refractivity contribution < 1.29 is 5.11 Å². The van der Waals surface area contributed by atoms with E-state index in [4.69, 9.17) is 10.8 Å². The number of aliphatic hydroxyl groups excluding tert-OH is 1. The Labute approximate surface area is 48.2 Å². The second-order valence-electron chi connectivity index (χ2n) is 1.85. The largest absolute Gasteiger partial charge is 0.395 e. The Balaban J connectivity index is 1.89. The lowest BCUT2D eigenvalue weighted by Crippen LogP contribution is -2.28. The number of hydrogen-bond acceptors (Lipinski definition) is 4. The van der Waals surface area contributed by atoms with Crippen LogP contribution in [0.2, 0.25) is 0 Å². The van der Waals surface area contributed by atoms with Crippen LogP contribution in [0.25, 0.3) is 0 Å². The van der Waals surface area contributed by atoms with Gasteiger partial charge in [-0.25, -0.2) is 5.01 Å². The zero-order valence-electron chi connectivity index (χ0n) is 4.67. The molecule has 48 valence electrons. The molecule has 0 spiro atoms. The van der Waals surface area contributed by atoms with E-state index in [2.05, 4.69) is 5.43 Å². The third-order valence-electron chi connectivity index (χ3n) is 1.08. The van der Waals surface area contributed by atoms with Gasteiger partial charge >= 0.3 is 0 Å². The molecule has 0 aromatic heterocycles. The summed E-state index contributed by atoms with van der Waals surface area (Å²) in [7, 11) is 0. The minimum absolute atomic E-state index is 0.170. The van der Waals surface area contributed by atoms with Gasteiger partial charge in [0.2, 0.25) is 0 Å². The molecule has 2 atom stereocenters. The molecule has 1 saturated heterocycles. The van der Waals surface area contributed by atoms with Gasteiger partial charge in [0.1, 0.15) is 0 Å². The first kappa shape index (κ1) is 5.97. The molecule has 8 heavy (non-hydrogen) atoms. The molecule has 1 aliphatic rings. The van der Waals surface area contributed by atoms with E-state index in [1.54, 1.807) is 0 Å². The number of hydrogen-bond donors (Lipinski definition) is 3. The Bertz CT molecular complexity index is 77.7. The number of rotatable bonds is 3. The Hall–Kier alpha value is -0.160. The number of nitrogens with zero attached hydrogens (tertiary/aromatic N) is 1. The third kappa shape index (κ3) is 1.41. The number of aliphatic hydroxyl groups is 1. The smallest absolute Gasteiger partial charge is 0.0852 e. The molecule has 2 unspecified atom stereocenters. The second kappa shape index (κ2) is 2.41. The maximum atomic E-state index is 8.30. The highest BCUT2D eigenvalue weighted by molar-refractivity contribution is 4.78. The quantitative estimate of drug-likeness (QED) is 0.377. The monoisotopic (exact) mass is 117 g/mol. The van der Waals surface area contributed by atoms with E-state index in [0.29, 0.717) is 6.54 Å². The van der Waals surface area contributed by atoms with Gasteiger partial charge in [-0.05, 0) is 0 Å². The molecule has 4 heteroatoms. The summed E-state index contributed by atoms with van der Waals surface area (Å²) in [5.41, 5.74) is 8.30. The SMILES string of the molecule is NC1CN1NCCO. The Kier molecular flexibility index (Phi) is 1.80. The lowest BCUT2D eigenvalue weighted by molar-refractivity contribution is 0.256. The first-order valence-corrected chi connectivity index (χ1v) is 2.71. The second-order valence-corrected chi connectivity index (χ2v) is 1.85. The minimum Gasteiger partial charge on any atom is -0.395 e. The summed E-state index contributed by atoms with van der Waals surface area (Å²) in [5.74, 6) is 0. The highest BCUT2D eigenvalue weighted by Gasteiger charge is 2.28. The van der Waals surface area contributed by atoms with Gasteiger partial charge in [0.15, 0.2) is 0 Å². The summed E-state index contributed by atoms with van der Waals surface area (Å²) in [6.07, 6.45) is 0.182. The number of nitrogens with two attached hydrogens (primary N) is 1. The minimum atomic E-state index is 0.170. The van der Waals surface area contributed by atoms with Crippen LogP contribution in [0, 0.1) is 0 Å². The zero-order valence-corrected chi connectivity index (χ0v) is 4.67. The normalized spacial score (nSPS) is 35.2. The van der Waals surface area contributed by atoms with Crippen LogP contribution < -0.4 is 11.2 Å². The van der Waals surface area contributed by atoms with E-state index >= 15 is 0 Å². The van der Waals surface area contributed by atoms with Crippen LogP contribution in [-0.2, 0) is 0 Å². The number of hydrazine groups is 1. The van der Waals surface area contributed by atoms with E-state index in [1.807, 2.05) is 5.01 Å². The molecule has 0 amide bonds. The third-order valence-corrected chi connectivity index (χ3v) is 1.08. The van der Waals surface area contributed by atoms with E-state index < -0.39 is 0 Å². The first-order chi connectivity index (χ1) is 3.84. The van der Waals surface area contributed by atoms with Gasteiger partial charge in [0, 0.05) is 13.1 Å². The molecule has 1 aliphatic heterocycles. The molecule has 0 radical (unpaired) electrons. The maximum Gasteiger partial charge on any atom is 0.0852 e. The van der Waals surface area contributed by atoms with Crippen LogP contribution in [0.5, 0.6) is 0 Å². The van der Waals surface area contributed by atoms with Gasteiger partial charge < -0.3 is 10.8 Å². The van der Waals surface area contributed by atoms with Gasteiger partial charge in [0.05, 0.1) is 12.8 Å². The average molecular weight is 117 g/mol. The molecule has 1 heterocycles. The van der Waals surface area contributed by atoms with Crippen LogP contribution in [0.4, 0.5) is 0 Å². The van der Waals surface area contributed by atoms with Crippen LogP contribution in [0.1, 0.15) is 0 Å². The fourth-order valence-electron chi connectivity index (χ4n) is 0.530. The van der Waals surface area contributed by atoms with Gasteiger partial charge in [-0.2, -0.15) is 0 Å². The standard InChI is InChI=1S/C4H11N3O/c5-4-3-7(4)6-1-2-8/h4,6,8H,1-3,5H2. The molecule has 0 aromatic carbocycles. The lowest BCUT2D eigenvalue weighted by Gasteiger charge is -1.99. The van der Waals surface area contributed by atoms with Crippen molar-refractivity contribution in [3.05, 3.63) is 0 Å².